The van der Waals surface area contributed by atoms with Gasteiger partial charge in [0.05, 0.1) is 6.04 Å². The quantitative estimate of drug-likeness (QED) is 0.787. The van der Waals surface area contributed by atoms with Crippen LogP contribution < -0.4 is 5.32 Å². The van der Waals surface area contributed by atoms with Gasteiger partial charge < -0.3 is 10.2 Å². The number of benzene rings is 2. The first kappa shape index (κ1) is 21.4. The smallest absolute Gasteiger partial charge is 0.254 e. The number of hydrogen-bond acceptors (Lipinski definition) is 3. The van der Waals surface area contributed by atoms with Gasteiger partial charge in [0.15, 0.2) is 0 Å². The molecule has 0 aromatic heterocycles. The second-order valence-electron chi connectivity index (χ2n) is 8.33. The predicted molar refractivity (Wildman–Crippen MR) is 115 cm³/mol. The Hall–Kier alpha value is -2.80. The molecule has 1 N–H and O–H groups in total. The number of piperazine rings is 1. The zero-order valence-corrected chi connectivity index (χ0v) is 17.4. The predicted octanol–water partition coefficient (Wildman–Crippen LogP) is 3.92. The topological polar surface area (TPSA) is 52.7 Å². The Morgan fingerprint density at radius 1 is 0.903 bits per heavy atom. The van der Waals surface area contributed by atoms with Crippen molar-refractivity contribution in [3.8, 4) is 0 Å². The molecule has 0 radical (unpaired) electrons. The van der Waals surface area contributed by atoms with Crippen molar-refractivity contribution in [3.05, 3.63) is 65.7 Å². The standard InChI is InChI=1S/C24H27F2N3O2/c25-19-8-3-7-18(15-19)24(31)29-13-11-28(12-14-29)22(17-5-1-2-6-17)23(30)27-21-10-4-9-20(26)16-21/h3-4,7-10,15-17,22H,1-2,5-6,11-14H2,(H,27,30). The first-order chi connectivity index (χ1) is 15.0. The van der Waals surface area contributed by atoms with E-state index in [2.05, 4.69) is 10.2 Å². The van der Waals surface area contributed by atoms with E-state index in [1.807, 2.05) is 0 Å². The van der Waals surface area contributed by atoms with E-state index >= 15 is 0 Å². The fourth-order valence-corrected chi connectivity index (χ4v) is 4.74. The van der Waals surface area contributed by atoms with E-state index in [0.29, 0.717) is 37.4 Å². The molecule has 0 spiro atoms. The lowest BCUT2D eigenvalue weighted by atomic mass is 9.94. The number of halogens is 2. The maximum atomic E-state index is 13.5. The zero-order chi connectivity index (χ0) is 21.8. The highest BCUT2D eigenvalue weighted by atomic mass is 19.1. The molecule has 4 rings (SSSR count). The molecular weight excluding hydrogens is 400 g/mol. The van der Waals surface area contributed by atoms with E-state index in [4.69, 9.17) is 0 Å². The monoisotopic (exact) mass is 427 g/mol. The molecule has 2 fully saturated rings. The van der Waals surface area contributed by atoms with Crippen LogP contribution in [0.4, 0.5) is 14.5 Å². The van der Waals surface area contributed by atoms with Crippen LogP contribution in [-0.2, 0) is 4.79 Å². The second kappa shape index (κ2) is 9.56. The molecule has 2 aliphatic rings. The highest BCUT2D eigenvalue weighted by Crippen LogP contribution is 2.32. The lowest BCUT2D eigenvalue weighted by molar-refractivity contribution is -0.123. The van der Waals surface area contributed by atoms with E-state index in [1.54, 1.807) is 23.1 Å². The molecule has 2 amide bonds. The van der Waals surface area contributed by atoms with Gasteiger partial charge in [0.25, 0.3) is 5.91 Å². The Labute approximate surface area is 181 Å². The largest absolute Gasteiger partial charge is 0.336 e. The number of nitrogens with zero attached hydrogens (tertiary/aromatic N) is 2. The molecule has 1 aliphatic heterocycles. The summed E-state index contributed by atoms with van der Waals surface area (Å²) in [4.78, 5) is 29.8. The summed E-state index contributed by atoms with van der Waals surface area (Å²) < 4.78 is 27.0. The van der Waals surface area contributed by atoms with Gasteiger partial charge in [0.1, 0.15) is 11.6 Å². The molecule has 5 nitrogen and oxygen atoms in total. The maximum Gasteiger partial charge on any atom is 0.254 e. The molecule has 0 bridgehead atoms. The van der Waals surface area contributed by atoms with Gasteiger partial charge in [-0.3, -0.25) is 14.5 Å². The van der Waals surface area contributed by atoms with E-state index in [0.717, 1.165) is 25.7 Å². The SMILES string of the molecule is O=C(Nc1cccc(F)c1)C(C1CCCC1)N1CCN(C(=O)c2cccc(F)c2)CC1. The van der Waals surface area contributed by atoms with Crippen LogP contribution in [0.2, 0.25) is 0 Å². The van der Waals surface area contributed by atoms with Crippen molar-refractivity contribution < 1.29 is 18.4 Å². The average Bonchev–Trinajstić information content (AvgIpc) is 3.28. The molecule has 31 heavy (non-hydrogen) atoms. The summed E-state index contributed by atoms with van der Waals surface area (Å²) in [7, 11) is 0. The van der Waals surface area contributed by atoms with Crippen LogP contribution >= 0.6 is 0 Å². The van der Waals surface area contributed by atoms with E-state index in [1.165, 1.54) is 30.3 Å². The van der Waals surface area contributed by atoms with Crippen molar-refractivity contribution in [1.29, 1.82) is 0 Å². The molecule has 2 aromatic rings. The second-order valence-corrected chi connectivity index (χ2v) is 8.33. The van der Waals surface area contributed by atoms with Gasteiger partial charge in [-0.25, -0.2) is 8.78 Å². The number of anilines is 1. The highest BCUT2D eigenvalue weighted by Gasteiger charge is 2.37. The van der Waals surface area contributed by atoms with E-state index in [9.17, 15) is 18.4 Å². The van der Waals surface area contributed by atoms with Crippen molar-refractivity contribution in [2.75, 3.05) is 31.5 Å². The third kappa shape index (κ3) is 5.10. The molecule has 7 heteroatoms. The van der Waals surface area contributed by atoms with Crippen LogP contribution in [0.3, 0.4) is 0 Å². The first-order valence-corrected chi connectivity index (χ1v) is 10.9. The number of carbonyl (C=O) groups excluding carboxylic acids is 2. The third-order valence-corrected chi connectivity index (χ3v) is 6.27. The van der Waals surface area contributed by atoms with Gasteiger partial charge in [-0.2, -0.15) is 0 Å². The lowest BCUT2D eigenvalue weighted by Crippen LogP contribution is -2.56. The Kier molecular flexibility index (Phi) is 6.61. The van der Waals surface area contributed by atoms with Crippen LogP contribution in [0.15, 0.2) is 48.5 Å². The summed E-state index contributed by atoms with van der Waals surface area (Å²) in [6.45, 7) is 2.09. The van der Waals surface area contributed by atoms with Gasteiger partial charge in [-0.05, 0) is 55.2 Å². The van der Waals surface area contributed by atoms with Gasteiger partial charge in [0, 0.05) is 37.4 Å². The van der Waals surface area contributed by atoms with Crippen LogP contribution in [0, 0.1) is 17.6 Å². The fraction of sp³-hybridized carbons (Fsp3) is 0.417. The van der Waals surface area contributed by atoms with Gasteiger partial charge >= 0.3 is 0 Å². The summed E-state index contributed by atoms with van der Waals surface area (Å²) in [5.74, 6) is -0.887. The number of hydrogen-bond donors (Lipinski definition) is 1. The lowest BCUT2D eigenvalue weighted by Gasteiger charge is -2.40. The van der Waals surface area contributed by atoms with Crippen molar-refractivity contribution >= 4 is 17.5 Å². The molecule has 1 aliphatic carbocycles. The molecule has 1 unspecified atom stereocenters. The Morgan fingerprint density at radius 3 is 2.19 bits per heavy atom. The van der Waals surface area contributed by atoms with Crippen molar-refractivity contribution in [2.45, 2.75) is 31.7 Å². The first-order valence-electron chi connectivity index (χ1n) is 10.9. The van der Waals surface area contributed by atoms with Crippen LogP contribution in [-0.4, -0.2) is 53.8 Å². The molecule has 1 saturated carbocycles. The van der Waals surface area contributed by atoms with Crippen LogP contribution in [0.1, 0.15) is 36.0 Å². The zero-order valence-electron chi connectivity index (χ0n) is 17.4. The minimum absolute atomic E-state index is 0.123. The molecule has 1 atom stereocenters. The van der Waals surface area contributed by atoms with Gasteiger partial charge in [-0.1, -0.05) is 25.0 Å². The molecule has 164 valence electrons. The van der Waals surface area contributed by atoms with Gasteiger partial charge in [0.2, 0.25) is 5.91 Å². The van der Waals surface area contributed by atoms with Crippen molar-refractivity contribution in [3.63, 3.8) is 0 Å². The Balaban J connectivity index is 1.43. The molecule has 1 heterocycles. The summed E-state index contributed by atoms with van der Waals surface area (Å²) in [5, 5.41) is 2.88. The normalized spacial score (nSPS) is 18.7. The van der Waals surface area contributed by atoms with Crippen LogP contribution in [0.5, 0.6) is 0 Å². The highest BCUT2D eigenvalue weighted by molar-refractivity contribution is 5.95. The molecule has 2 aromatic carbocycles. The number of carbonyl (C=O) groups is 2. The Bertz CT molecular complexity index is 938. The van der Waals surface area contributed by atoms with Crippen molar-refractivity contribution in [2.24, 2.45) is 5.92 Å². The number of nitrogens with one attached hydrogen (secondary N) is 1. The summed E-state index contributed by atoms with van der Waals surface area (Å²) in [5.41, 5.74) is 0.789. The maximum absolute atomic E-state index is 13.5. The summed E-state index contributed by atoms with van der Waals surface area (Å²) in [6, 6.07) is 11.3. The molecular formula is C24H27F2N3O2. The summed E-state index contributed by atoms with van der Waals surface area (Å²) in [6.07, 6.45) is 4.19. The van der Waals surface area contributed by atoms with Crippen molar-refractivity contribution in [1.82, 2.24) is 9.80 Å². The van der Waals surface area contributed by atoms with Gasteiger partial charge in [-0.15, -0.1) is 0 Å². The van der Waals surface area contributed by atoms with E-state index in [-0.39, 0.29) is 29.6 Å². The minimum Gasteiger partial charge on any atom is -0.336 e. The molecule has 1 saturated heterocycles. The number of amides is 2. The minimum atomic E-state index is -0.431. The summed E-state index contributed by atoms with van der Waals surface area (Å²) >= 11 is 0. The average molecular weight is 427 g/mol. The third-order valence-electron chi connectivity index (χ3n) is 6.27. The van der Waals surface area contributed by atoms with Crippen LogP contribution in [0.25, 0.3) is 0 Å². The number of rotatable bonds is 5. The fourth-order valence-electron chi connectivity index (χ4n) is 4.74. The van der Waals surface area contributed by atoms with E-state index < -0.39 is 5.82 Å². The Morgan fingerprint density at radius 2 is 1.55 bits per heavy atom.